The first-order valence-electron chi connectivity index (χ1n) is 3.97. The van der Waals surface area contributed by atoms with Crippen molar-refractivity contribution in [1.82, 2.24) is 0 Å². The largest absolute Gasteiger partial charge is 0.293 e. The van der Waals surface area contributed by atoms with Gasteiger partial charge in [-0.1, -0.05) is 39.7 Å². The van der Waals surface area contributed by atoms with Gasteiger partial charge in [-0.3, -0.25) is 4.79 Å². The predicted octanol–water partition coefficient (Wildman–Crippen LogP) is 3.61. The summed E-state index contributed by atoms with van der Waals surface area (Å²) in [4.78, 5) is 11.3. The molecule has 70 valence electrons. The second kappa shape index (κ2) is 4.25. The molecule has 0 fully saturated rings. The van der Waals surface area contributed by atoms with Gasteiger partial charge in [0.25, 0.3) is 0 Å². The molecule has 0 heterocycles. The Morgan fingerprint density at radius 1 is 1.54 bits per heavy atom. The van der Waals surface area contributed by atoms with Crippen LogP contribution < -0.4 is 0 Å². The first-order valence-corrected chi connectivity index (χ1v) is 5.26. The molecule has 1 nitrogen and oxygen atoms in total. The molecule has 1 aromatic carbocycles. The van der Waals surface area contributed by atoms with Crippen LogP contribution >= 0.6 is 27.5 Å². The van der Waals surface area contributed by atoms with Crippen molar-refractivity contribution in [2.45, 2.75) is 18.7 Å². The number of alkyl halides is 1. The van der Waals surface area contributed by atoms with Crippen LogP contribution in [-0.4, -0.2) is 10.6 Å². The molecular formula is C10H10BrClO. The van der Waals surface area contributed by atoms with E-state index >= 15 is 0 Å². The Bertz CT molecular complexity index is 334. The number of benzene rings is 1. The lowest BCUT2D eigenvalue weighted by atomic mass is 10.1. The predicted molar refractivity (Wildman–Crippen MR) is 58.9 cm³/mol. The number of aryl methyl sites for hydroxylation is 1. The van der Waals surface area contributed by atoms with Crippen LogP contribution in [0.25, 0.3) is 0 Å². The maximum atomic E-state index is 11.5. The van der Waals surface area contributed by atoms with Gasteiger partial charge in [-0.2, -0.15) is 0 Å². The normalized spacial score (nSPS) is 12.6. The number of halogens is 2. The zero-order valence-corrected chi connectivity index (χ0v) is 9.82. The van der Waals surface area contributed by atoms with Crippen molar-refractivity contribution in [2.24, 2.45) is 0 Å². The number of carbonyl (C=O) groups is 1. The average molecular weight is 262 g/mol. The minimum atomic E-state index is -0.161. The topological polar surface area (TPSA) is 17.1 Å². The second-order valence-corrected chi connectivity index (χ2v) is 4.72. The van der Waals surface area contributed by atoms with Gasteiger partial charge in [-0.05, 0) is 25.5 Å². The highest BCUT2D eigenvalue weighted by Crippen LogP contribution is 2.18. The first-order chi connectivity index (χ1) is 6.02. The lowest BCUT2D eigenvalue weighted by molar-refractivity contribution is 0.0996. The molecule has 0 aliphatic heterocycles. The summed E-state index contributed by atoms with van der Waals surface area (Å²) in [6, 6.07) is 5.35. The van der Waals surface area contributed by atoms with Crippen LogP contribution in [0.2, 0.25) is 5.02 Å². The molecule has 0 spiro atoms. The Morgan fingerprint density at radius 3 is 2.62 bits per heavy atom. The summed E-state index contributed by atoms with van der Waals surface area (Å²) < 4.78 is 0. The molecule has 0 amide bonds. The van der Waals surface area contributed by atoms with Crippen LogP contribution in [0, 0.1) is 6.92 Å². The zero-order chi connectivity index (χ0) is 10.0. The van der Waals surface area contributed by atoms with E-state index < -0.39 is 0 Å². The van der Waals surface area contributed by atoms with Crippen LogP contribution in [0.15, 0.2) is 18.2 Å². The average Bonchev–Trinajstić information content (AvgIpc) is 2.08. The van der Waals surface area contributed by atoms with Crippen LogP contribution in [-0.2, 0) is 0 Å². The van der Waals surface area contributed by atoms with E-state index in [0.717, 1.165) is 5.56 Å². The fourth-order valence-electron chi connectivity index (χ4n) is 0.976. The highest BCUT2D eigenvalue weighted by atomic mass is 79.9. The summed E-state index contributed by atoms with van der Waals surface area (Å²) >= 11 is 9.12. The van der Waals surface area contributed by atoms with Crippen molar-refractivity contribution >= 4 is 33.3 Å². The van der Waals surface area contributed by atoms with Crippen LogP contribution in [0.5, 0.6) is 0 Å². The molecule has 13 heavy (non-hydrogen) atoms. The van der Waals surface area contributed by atoms with Gasteiger partial charge < -0.3 is 0 Å². The van der Waals surface area contributed by atoms with Crippen molar-refractivity contribution in [3.05, 3.63) is 34.3 Å². The summed E-state index contributed by atoms with van der Waals surface area (Å²) in [6.45, 7) is 3.71. The van der Waals surface area contributed by atoms with E-state index in [0.29, 0.717) is 10.6 Å². The smallest absolute Gasteiger partial charge is 0.176 e. The summed E-state index contributed by atoms with van der Waals surface area (Å²) in [5.41, 5.74) is 1.64. The van der Waals surface area contributed by atoms with E-state index in [1.54, 1.807) is 19.1 Å². The van der Waals surface area contributed by atoms with Gasteiger partial charge in [-0.15, -0.1) is 0 Å². The molecule has 0 aliphatic carbocycles. The number of hydrogen-bond acceptors (Lipinski definition) is 1. The van der Waals surface area contributed by atoms with E-state index in [2.05, 4.69) is 15.9 Å². The monoisotopic (exact) mass is 260 g/mol. The zero-order valence-electron chi connectivity index (χ0n) is 7.47. The van der Waals surface area contributed by atoms with Gasteiger partial charge in [0.15, 0.2) is 5.78 Å². The van der Waals surface area contributed by atoms with Crippen molar-refractivity contribution < 1.29 is 4.79 Å². The minimum Gasteiger partial charge on any atom is -0.293 e. The number of Topliss-reactive ketones (excluding diaryl/α,β-unsaturated/α-hetero) is 1. The summed E-state index contributed by atoms with van der Waals surface area (Å²) in [5, 5.41) is 0.638. The SMILES string of the molecule is Cc1ccc(C(=O)[C@@H](C)Br)cc1Cl. The third-order valence-corrected chi connectivity index (χ3v) is 2.64. The third-order valence-electron chi connectivity index (χ3n) is 1.82. The number of hydrogen-bond donors (Lipinski definition) is 0. The molecule has 1 aromatic rings. The molecule has 1 rings (SSSR count). The summed E-state index contributed by atoms with van der Waals surface area (Å²) in [5.74, 6) is 0.0573. The molecule has 0 N–H and O–H groups in total. The highest BCUT2D eigenvalue weighted by molar-refractivity contribution is 9.10. The van der Waals surface area contributed by atoms with E-state index in [4.69, 9.17) is 11.6 Å². The van der Waals surface area contributed by atoms with Crippen molar-refractivity contribution in [3.63, 3.8) is 0 Å². The van der Waals surface area contributed by atoms with Gasteiger partial charge in [0.2, 0.25) is 0 Å². The van der Waals surface area contributed by atoms with Crippen LogP contribution in [0.4, 0.5) is 0 Å². The van der Waals surface area contributed by atoms with Gasteiger partial charge in [0.05, 0.1) is 4.83 Å². The van der Waals surface area contributed by atoms with Gasteiger partial charge in [0, 0.05) is 10.6 Å². The van der Waals surface area contributed by atoms with E-state index in [9.17, 15) is 4.79 Å². The summed E-state index contributed by atoms with van der Waals surface area (Å²) in [7, 11) is 0. The standard InChI is InChI=1S/C10H10BrClO/c1-6-3-4-8(5-9(6)12)10(13)7(2)11/h3-5,7H,1-2H3/t7-/m1/s1. The molecule has 0 aromatic heterocycles. The maximum Gasteiger partial charge on any atom is 0.176 e. The second-order valence-electron chi connectivity index (χ2n) is 2.94. The fourth-order valence-corrected chi connectivity index (χ4v) is 1.42. The maximum absolute atomic E-state index is 11.5. The Balaban J connectivity index is 3.04. The van der Waals surface area contributed by atoms with E-state index in [1.165, 1.54) is 0 Å². The molecule has 1 atom stereocenters. The van der Waals surface area contributed by atoms with E-state index in [1.807, 2.05) is 13.0 Å². The van der Waals surface area contributed by atoms with Gasteiger partial charge in [0.1, 0.15) is 0 Å². The molecule has 0 radical (unpaired) electrons. The number of ketones is 1. The lowest BCUT2D eigenvalue weighted by Gasteiger charge is -2.04. The van der Waals surface area contributed by atoms with Gasteiger partial charge in [-0.25, -0.2) is 0 Å². The molecule has 0 saturated carbocycles. The number of carbonyl (C=O) groups excluding carboxylic acids is 1. The molecule has 0 saturated heterocycles. The first kappa shape index (κ1) is 10.7. The van der Waals surface area contributed by atoms with Crippen molar-refractivity contribution in [1.29, 1.82) is 0 Å². The fraction of sp³-hybridized carbons (Fsp3) is 0.300. The Kier molecular flexibility index (Phi) is 3.51. The van der Waals surface area contributed by atoms with Crippen LogP contribution in [0.1, 0.15) is 22.8 Å². The Hall–Kier alpha value is -0.340. The van der Waals surface area contributed by atoms with Crippen LogP contribution in [0.3, 0.4) is 0 Å². The molecule has 0 aliphatic rings. The molecule has 0 bridgehead atoms. The molecule has 0 unspecified atom stereocenters. The lowest BCUT2D eigenvalue weighted by Crippen LogP contribution is -2.09. The summed E-state index contributed by atoms with van der Waals surface area (Å²) in [6.07, 6.45) is 0. The Labute approximate surface area is 91.2 Å². The van der Waals surface area contributed by atoms with Crippen molar-refractivity contribution in [2.75, 3.05) is 0 Å². The molecule has 3 heteroatoms. The van der Waals surface area contributed by atoms with Crippen molar-refractivity contribution in [3.8, 4) is 0 Å². The highest BCUT2D eigenvalue weighted by Gasteiger charge is 2.12. The quantitative estimate of drug-likeness (QED) is 0.587. The van der Waals surface area contributed by atoms with Gasteiger partial charge >= 0.3 is 0 Å². The Morgan fingerprint density at radius 2 is 2.15 bits per heavy atom. The minimum absolute atomic E-state index is 0.0573. The third kappa shape index (κ3) is 2.55. The van der Waals surface area contributed by atoms with E-state index in [-0.39, 0.29) is 10.6 Å². The molecular weight excluding hydrogens is 251 g/mol. The number of rotatable bonds is 2.